The molecule has 3 unspecified atom stereocenters. The van der Waals surface area contributed by atoms with Crippen molar-refractivity contribution in [3.8, 4) is 0 Å². The van der Waals surface area contributed by atoms with Gasteiger partial charge in [0.15, 0.2) is 0 Å². The minimum atomic E-state index is -0.692. The molecular formula is C12H22N2O2. The highest BCUT2D eigenvalue weighted by molar-refractivity contribution is 5.66. The van der Waals surface area contributed by atoms with Crippen LogP contribution in [0.5, 0.6) is 0 Å². The Morgan fingerprint density at radius 2 is 2.31 bits per heavy atom. The first kappa shape index (κ1) is 11.9. The summed E-state index contributed by atoms with van der Waals surface area (Å²) in [5, 5.41) is 12.2. The average Bonchev–Trinajstić information content (AvgIpc) is 2.80. The molecule has 2 heterocycles. The molecule has 0 aromatic heterocycles. The van der Waals surface area contributed by atoms with Gasteiger partial charge in [0.2, 0.25) is 0 Å². The molecule has 2 fully saturated rings. The molecule has 0 amide bonds. The van der Waals surface area contributed by atoms with Crippen molar-refractivity contribution < 1.29 is 9.90 Å². The van der Waals surface area contributed by atoms with Crippen molar-refractivity contribution in [2.75, 3.05) is 13.1 Å². The maximum absolute atomic E-state index is 10.5. The van der Waals surface area contributed by atoms with E-state index in [1.54, 1.807) is 0 Å². The van der Waals surface area contributed by atoms with Gasteiger partial charge in [0.1, 0.15) is 0 Å². The first-order valence-electron chi connectivity index (χ1n) is 6.38. The Labute approximate surface area is 97.0 Å². The van der Waals surface area contributed by atoms with Gasteiger partial charge in [-0.05, 0) is 39.2 Å². The fourth-order valence-corrected chi connectivity index (χ4v) is 3.07. The Balaban J connectivity index is 1.74. The zero-order valence-electron chi connectivity index (χ0n) is 9.98. The first-order chi connectivity index (χ1) is 7.66. The van der Waals surface area contributed by atoms with Crippen molar-refractivity contribution in [3.05, 3.63) is 0 Å². The van der Waals surface area contributed by atoms with Gasteiger partial charge in [-0.25, -0.2) is 0 Å². The normalized spacial score (nSPS) is 31.6. The molecule has 0 aliphatic carbocycles. The van der Waals surface area contributed by atoms with Gasteiger partial charge in [0.25, 0.3) is 0 Å². The third-order valence-corrected chi connectivity index (χ3v) is 3.90. The highest BCUT2D eigenvalue weighted by Crippen LogP contribution is 2.28. The van der Waals surface area contributed by atoms with Crippen LogP contribution in [0.1, 0.15) is 39.0 Å². The maximum atomic E-state index is 10.5. The summed E-state index contributed by atoms with van der Waals surface area (Å²) in [6, 6.07) is 1.63. The van der Waals surface area contributed by atoms with E-state index in [0.717, 1.165) is 6.42 Å². The molecular weight excluding hydrogens is 204 g/mol. The van der Waals surface area contributed by atoms with Gasteiger partial charge in [-0.15, -0.1) is 0 Å². The molecule has 4 heteroatoms. The Kier molecular flexibility index (Phi) is 3.82. The highest BCUT2D eigenvalue weighted by Gasteiger charge is 2.37. The second-order valence-electron chi connectivity index (χ2n) is 5.14. The number of carboxylic acid groups (broad SMARTS) is 1. The van der Waals surface area contributed by atoms with Crippen LogP contribution in [0.3, 0.4) is 0 Å². The molecule has 0 saturated carbocycles. The third-order valence-electron chi connectivity index (χ3n) is 3.90. The van der Waals surface area contributed by atoms with Crippen molar-refractivity contribution in [3.63, 3.8) is 0 Å². The summed E-state index contributed by atoms with van der Waals surface area (Å²) in [7, 11) is 0. The van der Waals surface area contributed by atoms with Crippen LogP contribution in [0.4, 0.5) is 0 Å². The lowest BCUT2D eigenvalue weighted by atomic mass is 10.0. The fourth-order valence-electron chi connectivity index (χ4n) is 3.07. The van der Waals surface area contributed by atoms with E-state index in [-0.39, 0.29) is 6.42 Å². The number of aliphatic carboxylic acids is 1. The number of fused-ring (bicyclic) bond motifs is 1. The van der Waals surface area contributed by atoms with Crippen molar-refractivity contribution in [1.82, 2.24) is 10.2 Å². The molecule has 3 atom stereocenters. The smallest absolute Gasteiger partial charge is 0.303 e. The highest BCUT2D eigenvalue weighted by atomic mass is 16.4. The molecule has 2 N–H and O–H groups in total. The minimum Gasteiger partial charge on any atom is -0.481 e. The van der Waals surface area contributed by atoms with Crippen LogP contribution < -0.4 is 5.32 Å². The summed E-state index contributed by atoms with van der Waals surface area (Å²) in [6.45, 7) is 4.57. The van der Waals surface area contributed by atoms with Crippen LogP contribution in [-0.4, -0.2) is 47.2 Å². The molecule has 0 spiro atoms. The number of nitrogens with zero attached hydrogens (tertiary/aromatic N) is 1. The molecule has 2 aliphatic heterocycles. The molecule has 2 rings (SSSR count). The summed E-state index contributed by atoms with van der Waals surface area (Å²) in [4.78, 5) is 13.1. The number of nitrogens with one attached hydrogen (secondary N) is 1. The molecule has 2 aliphatic rings. The Hall–Kier alpha value is -0.610. The van der Waals surface area contributed by atoms with E-state index >= 15 is 0 Å². The van der Waals surface area contributed by atoms with Crippen LogP contribution in [0.2, 0.25) is 0 Å². The Morgan fingerprint density at radius 3 is 3.06 bits per heavy atom. The zero-order chi connectivity index (χ0) is 11.5. The summed E-state index contributed by atoms with van der Waals surface area (Å²) in [5.41, 5.74) is 0. The van der Waals surface area contributed by atoms with E-state index < -0.39 is 5.97 Å². The number of hydrogen-bond acceptors (Lipinski definition) is 3. The van der Waals surface area contributed by atoms with Crippen LogP contribution in [0.25, 0.3) is 0 Å². The summed E-state index contributed by atoms with van der Waals surface area (Å²) in [6.07, 6.45) is 4.87. The standard InChI is InChI=1S/C12H22N2O2/c1-9(4-5-12(15)16)13-10-6-8-14-7-2-3-11(10)14/h9-11,13H,2-8H2,1H3,(H,15,16). The van der Waals surface area contributed by atoms with Crippen LogP contribution in [0.15, 0.2) is 0 Å². The molecule has 2 saturated heterocycles. The van der Waals surface area contributed by atoms with E-state index in [0.29, 0.717) is 18.1 Å². The number of hydrogen-bond donors (Lipinski definition) is 2. The predicted molar refractivity (Wildman–Crippen MR) is 62.5 cm³/mol. The van der Waals surface area contributed by atoms with Crippen LogP contribution in [-0.2, 0) is 4.79 Å². The van der Waals surface area contributed by atoms with Gasteiger partial charge >= 0.3 is 5.97 Å². The number of carbonyl (C=O) groups is 1. The second kappa shape index (κ2) is 5.15. The quantitative estimate of drug-likeness (QED) is 0.736. The second-order valence-corrected chi connectivity index (χ2v) is 5.14. The van der Waals surface area contributed by atoms with Crippen LogP contribution >= 0.6 is 0 Å². The molecule has 0 aromatic rings. The first-order valence-corrected chi connectivity index (χ1v) is 6.38. The van der Waals surface area contributed by atoms with Crippen LogP contribution in [0, 0.1) is 0 Å². The fraction of sp³-hybridized carbons (Fsp3) is 0.917. The largest absolute Gasteiger partial charge is 0.481 e. The molecule has 92 valence electrons. The number of carboxylic acids is 1. The van der Waals surface area contributed by atoms with E-state index in [1.807, 2.05) is 0 Å². The Bertz CT molecular complexity index is 257. The lowest BCUT2D eigenvalue weighted by Gasteiger charge is -2.24. The van der Waals surface area contributed by atoms with E-state index in [4.69, 9.17) is 5.11 Å². The predicted octanol–water partition coefficient (Wildman–Crippen LogP) is 1.07. The maximum Gasteiger partial charge on any atom is 0.303 e. The molecule has 4 nitrogen and oxygen atoms in total. The van der Waals surface area contributed by atoms with Gasteiger partial charge in [0, 0.05) is 31.1 Å². The van der Waals surface area contributed by atoms with Crippen molar-refractivity contribution >= 4 is 5.97 Å². The summed E-state index contributed by atoms with van der Waals surface area (Å²) in [5.74, 6) is -0.692. The van der Waals surface area contributed by atoms with Crippen molar-refractivity contribution in [2.24, 2.45) is 0 Å². The lowest BCUT2D eigenvalue weighted by molar-refractivity contribution is -0.137. The molecule has 16 heavy (non-hydrogen) atoms. The Morgan fingerprint density at radius 1 is 1.50 bits per heavy atom. The SMILES string of the molecule is CC(CCC(=O)O)NC1CCN2CCCC12. The topological polar surface area (TPSA) is 52.6 Å². The minimum absolute atomic E-state index is 0.273. The molecule has 0 radical (unpaired) electrons. The zero-order valence-corrected chi connectivity index (χ0v) is 9.98. The van der Waals surface area contributed by atoms with Gasteiger partial charge in [-0.2, -0.15) is 0 Å². The van der Waals surface area contributed by atoms with Gasteiger partial charge in [-0.3, -0.25) is 9.69 Å². The summed E-state index contributed by atoms with van der Waals surface area (Å²) < 4.78 is 0. The lowest BCUT2D eigenvalue weighted by Crippen LogP contribution is -2.43. The number of rotatable bonds is 5. The van der Waals surface area contributed by atoms with E-state index in [1.165, 1.54) is 32.4 Å². The van der Waals surface area contributed by atoms with Gasteiger partial charge in [-0.1, -0.05) is 0 Å². The van der Waals surface area contributed by atoms with Crippen molar-refractivity contribution in [1.29, 1.82) is 0 Å². The van der Waals surface area contributed by atoms with E-state index in [9.17, 15) is 4.79 Å². The molecule has 0 aromatic carbocycles. The van der Waals surface area contributed by atoms with Gasteiger partial charge < -0.3 is 10.4 Å². The van der Waals surface area contributed by atoms with E-state index in [2.05, 4.69) is 17.1 Å². The molecule has 0 bridgehead atoms. The van der Waals surface area contributed by atoms with Crippen molar-refractivity contribution in [2.45, 2.75) is 57.2 Å². The summed E-state index contributed by atoms with van der Waals surface area (Å²) >= 11 is 0. The monoisotopic (exact) mass is 226 g/mol. The average molecular weight is 226 g/mol. The third kappa shape index (κ3) is 2.74. The van der Waals surface area contributed by atoms with Gasteiger partial charge in [0.05, 0.1) is 0 Å².